The number of fused-ring (bicyclic) bond motifs is 3. The van der Waals surface area contributed by atoms with E-state index in [9.17, 15) is 9.59 Å². The van der Waals surface area contributed by atoms with Crippen LogP contribution in [-0.4, -0.2) is 44.4 Å². The molecule has 3 heterocycles. The van der Waals surface area contributed by atoms with Crippen molar-refractivity contribution in [2.45, 2.75) is 71.1 Å². The van der Waals surface area contributed by atoms with E-state index in [0.717, 1.165) is 29.9 Å². The molecular formula is C22H28N4O2. The van der Waals surface area contributed by atoms with Crippen LogP contribution in [-0.2, 0) is 17.8 Å². The Bertz CT molecular complexity index is 887. The van der Waals surface area contributed by atoms with Crippen molar-refractivity contribution in [2.24, 2.45) is 0 Å². The number of rotatable bonds is 4. The molecule has 1 aromatic carbocycles. The van der Waals surface area contributed by atoms with Crippen LogP contribution < -0.4 is 5.32 Å². The zero-order chi connectivity index (χ0) is 19.8. The van der Waals surface area contributed by atoms with Gasteiger partial charge >= 0.3 is 0 Å². The maximum absolute atomic E-state index is 12.9. The van der Waals surface area contributed by atoms with Crippen molar-refractivity contribution in [3.8, 4) is 11.4 Å². The van der Waals surface area contributed by atoms with Gasteiger partial charge < -0.3 is 14.8 Å². The van der Waals surface area contributed by atoms with Gasteiger partial charge in [0.05, 0.1) is 11.7 Å². The van der Waals surface area contributed by atoms with Crippen molar-refractivity contribution in [2.75, 3.05) is 0 Å². The maximum atomic E-state index is 12.9. The van der Waals surface area contributed by atoms with Gasteiger partial charge in [0, 0.05) is 37.0 Å². The highest BCUT2D eigenvalue weighted by Crippen LogP contribution is 2.35. The van der Waals surface area contributed by atoms with Crippen LogP contribution in [0.15, 0.2) is 30.3 Å². The van der Waals surface area contributed by atoms with Crippen LogP contribution in [0.3, 0.4) is 0 Å². The Morgan fingerprint density at radius 1 is 1.18 bits per heavy atom. The third kappa shape index (κ3) is 3.21. The molecule has 1 aromatic heterocycles. The number of benzene rings is 1. The molecule has 28 heavy (non-hydrogen) atoms. The third-order valence-electron chi connectivity index (χ3n) is 5.77. The number of nitrogens with one attached hydrogen (secondary N) is 1. The standard InChI is InChI=1S/C22H28N4O2/c1-4-19(27)26-16-10-11-17(26)13-25-18(12-16)20(22(28)23-14(2)3)24-21(25)15-8-6-5-7-9-15/h5-9,14,16-17H,4,10-13H2,1-3H3,(H,23,28)/t16-,17+/m0/s1. The molecular weight excluding hydrogens is 352 g/mol. The molecule has 2 aromatic rings. The summed E-state index contributed by atoms with van der Waals surface area (Å²) in [7, 11) is 0. The number of aromatic nitrogens is 2. The number of hydrogen-bond acceptors (Lipinski definition) is 3. The Kier molecular flexibility index (Phi) is 4.96. The summed E-state index contributed by atoms with van der Waals surface area (Å²) in [6, 6.07) is 10.4. The molecule has 0 unspecified atom stereocenters. The van der Waals surface area contributed by atoms with E-state index in [1.54, 1.807) is 0 Å². The molecule has 148 valence electrons. The number of nitrogens with zero attached hydrogens (tertiary/aromatic N) is 3. The molecule has 6 nitrogen and oxygen atoms in total. The molecule has 4 rings (SSSR count). The predicted octanol–water partition coefficient (Wildman–Crippen LogP) is 3.01. The van der Waals surface area contributed by atoms with E-state index >= 15 is 0 Å². The number of imidazole rings is 1. The summed E-state index contributed by atoms with van der Waals surface area (Å²) < 4.78 is 2.18. The summed E-state index contributed by atoms with van der Waals surface area (Å²) in [6.45, 7) is 6.53. The van der Waals surface area contributed by atoms with Gasteiger partial charge in [0.1, 0.15) is 11.5 Å². The van der Waals surface area contributed by atoms with Crippen molar-refractivity contribution < 1.29 is 9.59 Å². The largest absolute Gasteiger partial charge is 0.348 e. The molecule has 0 aliphatic carbocycles. The van der Waals surface area contributed by atoms with Gasteiger partial charge in [-0.05, 0) is 26.7 Å². The van der Waals surface area contributed by atoms with E-state index in [1.807, 2.05) is 51.1 Å². The van der Waals surface area contributed by atoms with Crippen LogP contribution >= 0.6 is 0 Å². The Morgan fingerprint density at radius 3 is 2.57 bits per heavy atom. The summed E-state index contributed by atoms with van der Waals surface area (Å²) in [4.78, 5) is 32.4. The minimum absolute atomic E-state index is 0.0467. The van der Waals surface area contributed by atoms with Gasteiger partial charge in [-0.1, -0.05) is 37.3 Å². The lowest BCUT2D eigenvalue weighted by atomic mass is 10.0. The molecule has 2 aliphatic rings. The zero-order valence-electron chi connectivity index (χ0n) is 16.8. The lowest BCUT2D eigenvalue weighted by Crippen LogP contribution is -2.41. The fourth-order valence-electron chi connectivity index (χ4n) is 4.57. The lowest BCUT2D eigenvalue weighted by molar-refractivity contribution is -0.133. The monoisotopic (exact) mass is 380 g/mol. The fraction of sp³-hybridized carbons (Fsp3) is 0.500. The first-order valence-electron chi connectivity index (χ1n) is 10.3. The van der Waals surface area contributed by atoms with Gasteiger partial charge in [0.25, 0.3) is 5.91 Å². The molecule has 2 amide bonds. The molecule has 1 fully saturated rings. The molecule has 0 spiro atoms. The van der Waals surface area contributed by atoms with Gasteiger partial charge in [-0.25, -0.2) is 4.98 Å². The highest BCUT2D eigenvalue weighted by Gasteiger charge is 2.41. The summed E-state index contributed by atoms with van der Waals surface area (Å²) in [5, 5.41) is 2.99. The second-order valence-electron chi connectivity index (χ2n) is 8.08. The molecule has 1 N–H and O–H groups in total. The Balaban J connectivity index is 1.81. The summed E-state index contributed by atoms with van der Waals surface area (Å²) in [6.07, 6.45) is 3.21. The average Bonchev–Trinajstić information content (AvgIpc) is 3.18. The molecule has 0 saturated carbocycles. The highest BCUT2D eigenvalue weighted by atomic mass is 16.2. The van der Waals surface area contributed by atoms with Crippen molar-refractivity contribution in [1.82, 2.24) is 19.8 Å². The average molecular weight is 380 g/mol. The van der Waals surface area contributed by atoms with Gasteiger partial charge in [0.15, 0.2) is 0 Å². The minimum atomic E-state index is -0.132. The van der Waals surface area contributed by atoms with Crippen molar-refractivity contribution in [3.05, 3.63) is 41.7 Å². The van der Waals surface area contributed by atoms with Crippen LogP contribution in [0.5, 0.6) is 0 Å². The van der Waals surface area contributed by atoms with Crippen LogP contribution in [0.25, 0.3) is 11.4 Å². The topological polar surface area (TPSA) is 67.2 Å². The van der Waals surface area contributed by atoms with Crippen LogP contribution in [0.2, 0.25) is 0 Å². The SMILES string of the molecule is CCC(=O)N1[C@@H]2CC[C@H]1Cc1c(C(=O)NC(C)C)nc(-c3ccccc3)n1C2. The second kappa shape index (κ2) is 7.41. The third-order valence-corrected chi connectivity index (χ3v) is 5.77. The van der Waals surface area contributed by atoms with Crippen LogP contribution in [0.1, 0.15) is 56.2 Å². The number of amides is 2. The fourth-order valence-corrected chi connectivity index (χ4v) is 4.57. The van der Waals surface area contributed by atoms with Gasteiger partial charge in [-0.2, -0.15) is 0 Å². The van der Waals surface area contributed by atoms with Crippen molar-refractivity contribution >= 4 is 11.8 Å². The molecule has 6 heteroatoms. The van der Waals surface area contributed by atoms with E-state index in [2.05, 4.69) is 14.8 Å². The zero-order valence-corrected chi connectivity index (χ0v) is 16.8. The molecule has 2 aliphatic heterocycles. The smallest absolute Gasteiger partial charge is 0.271 e. The van der Waals surface area contributed by atoms with E-state index in [0.29, 0.717) is 25.1 Å². The maximum Gasteiger partial charge on any atom is 0.271 e. The van der Waals surface area contributed by atoms with E-state index in [1.165, 1.54) is 0 Å². The van der Waals surface area contributed by atoms with Gasteiger partial charge in [-0.3, -0.25) is 9.59 Å². The van der Waals surface area contributed by atoms with Crippen molar-refractivity contribution in [1.29, 1.82) is 0 Å². The summed E-state index contributed by atoms with van der Waals surface area (Å²) in [5.41, 5.74) is 2.46. The first-order chi connectivity index (χ1) is 13.5. The summed E-state index contributed by atoms with van der Waals surface area (Å²) >= 11 is 0. The van der Waals surface area contributed by atoms with Crippen LogP contribution in [0.4, 0.5) is 0 Å². The Labute approximate surface area is 165 Å². The van der Waals surface area contributed by atoms with E-state index < -0.39 is 0 Å². The normalized spacial score (nSPS) is 20.8. The quantitative estimate of drug-likeness (QED) is 0.887. The number of carbonyl (C=O) groups excluding carboxylic acids is 2. The van der Waals surface area contributed by atoms with E-state index in [-0.39, 0.29) is 29.9 Å². The van der Waals surface area contributed by atoms with Gasteiger partial charge in [-0.15, -0.1) is 0 Å². The minimum Gasteiger partial charge on any atom is -0.348 e. The summed E-state index contributed by atoms with van der Waals surface area (Å²) in [5.74, 6) is 0.897. The lowest BCUT2D eigenvalue weighted by Gasteiger charge is -2.27. The second-order valence-corrected chi connectivity index (χ2v) is 8.08. The molecule has 2 bridgehead atoms. The molecule has 2 atom stereocenters. The Morgan fingerprint density at radius 2 is 1.89 bits per heavy atom. The van der Waals surface area contributed by atoms with E-state index in [4.69, 9.17) is 4.98 Å². The van der Waals surface area contributed by atoms with Crippen LogP contribution in [0, 0.1) is 0 Å². The Hall–Kier alpha value is -2.63. The number of carbonyl (C=O) groups is 2. The molecule has 1 saturated heterocycles. The van der Waals surface area contributed by atoms with Gasteiger partial charge in [0.2, 0.25) is 5.91 Å². The molecule has 0 radical (unpaired) electrons. The first kappa shape index (κ1) is 18.7. The number of hydrogen-bond donors (Lipinski definition) is 1. The predicted molar refractivity (Wildman–Crippen MR) is 108 cm³/mol. The highest BCUT2D eigenvalue weighted by molar-refractivity contribution is 5.94. The first-order valence-corrected chi connectivity index (χ1v) is 10.3. The van der Waals surface area contributed by atoms with Crippen molar-refractivity contribution in [3.63, 3.8) is 0 Å².